The fourth-order valence-corrected chi connectivity index (χ4v) is 3.53. The lowest BCUT2D eigenvalue weighted by Crippen LogP contribution is -2.11. The summed E-state index contributed by atoms with van der Waals surface area (Å²) in [6.07, 6.45) is 4.41. The van der Waals surface area contributed by atoms with Crippen molar-refractivity contribution < 1.29 is 22.6 Å². The third-order valence-corrected chi connectivity index (χ3v) is 5.65. The van der Waals surface area contributed by atoms with Crippen LogP contribution in [0.2, 0.25) is 0 Å². The Morgan fingerprint density at radius 3 is 2.39 bits per heavy atom. The van der Waals surface area contributed by atoms with E-state index in [1.54, 1.807) is 19.1 Å². The van der Waals surface area contributed by atoms with E-state index in [0.717, 1.165) is 24.8 Å². The van der Waals surface area contributed by atoms with Crippen LogP contribution in [-0.4, -0.2) is 31.7 Å². The van der Waals surface area contributed by atoms with Crippen molar-refractivity contribution >= 4 is 21.5 Å². The number of unbranched alkanes of at least 4 members (excludes halogenated alkanes) is 3. The van der Waals surface area contributed by atoms with E-state index in [4.69, 9.17) is 14.2 Å². The fourth-order valence-electron chi connectivity index (χ4n) is 2.52. The Kier molecular flexibility index (Phi) is 9.45. The smallest absolute Gasteiger partial charge is 0.358 e. The van der Waals surface area contributed by atoms with Gasteiger partial charge in [-0.1, -0.05) is 50.3 Å². The molecule has 1 rings (SSSR count). The average molecular weight is 413 g/mol. The number of nitrogens with zero attached hydrogens (tertiary/aromatic N) is 2. The third-order valence-electron chi connectivity index (χ3n) is 4.40. The molecule has 0 aromatic heterocycles. The highest BCUT2D eigenvalue weighted by atomic mass is 32.2. The monoisotopic (exact) mass is 412 g/mol. The van der Waals surface area contributed by atoms with Crippen LogP contribution in [0.15, 0.2) is 27.3 Å². The minimum absolute atomic E-state index is 0.0460. The molecule has 0 aliphatic heterocycles. The fraction of sp³-hybridized carbons (Fsp3) is 0.600. The second-order valence-corrected chi connectivity index (χ2v) is 8.61. The quantitative estimate of drug-likeness (QED) is 0.238. The molecular formula is C20H32N2O5S. The predicted molar refractivity (Wildman–Crippen MR) is 111 cm³/mol. The van der Waals surface area contributed by atoms with Gasteiger partial charge in [0.05, 0.1) is 6.61 Å². The lowest BCUT2D eigenvalue weighted by Gasteiger charge is -2.17. The summed E-state index contributed by atoms with van der Waals surface area (Å²) < 4.78 is 36.0. The van der Waals surface area contributed by atoms with Gasteiger partial charge in [-0.15, -0.1) is 0 Å². The van der Waals surface area contributed by atoms with Crippen molar-refractivity contribution in [1.29, 1.82) is 0 Å². The molecule has 0 saturated carbocycles. The highest BCUT2D eigenvalue weighted by molar-refractivity contribution is 7.86. The molecule has 28 heavy (non-hydrogen) atoms. The Balaban J connectivity index is 3.12. The van der Waals surface area contributed by atoms with Crippen molar-refractivity contribution in [3.63, 3.8) is 0 Å². The molecule has 0 saturated heterocycles. The number of hydrogen-bond acceptors (Lipinski definition) is 7. The van der Waals surface area contributed by atoms with Gasteiger partial charge in [-0.3, -0.25) is 4.28 Å². The van der Waals surface area contributed by atoms with E-state index in [-0.39, 0.29) is 22.2 Å². The maximum Gasteiger partial charge on any atom is 0.358 e. The van der Waals surface area contributed by atoms with Gasteiger partial charge in [0.15, 0.2) is 0 Å². The van der Waals surface area contributed by atoms with Crippen molar-refractivity contribution in [3.05, 3.63) is 23.3 Å². The summed E-state index contributed by atoms with van der Waals surface area (Å²) >= 11 is 0. The molecule has 0 unspecified atom stereocenters. The highest BCUT2D eigenvalue weighted by Crippen LogP contribution is 2.32. The summed E-state index contributed by atoms with van der Waals surface area (Å²) in [5.74, 6) is 0.778. The number of ether oxygens (including phenoxy) is 1. The molecule has 0 atom stereocenters. The van der Waals surface area contributed by atoms with Crippen molar-refractivity contribution in [2.45, 2.75) is 78.0 Å². The molecule has 0 bridgehead atoms. The summed E-state index contributed by atoms with van der Waals surface area (Å²) in [6.45, 7) is 11.4. The summed E-state index contributed by atoms with van der Waals surface area (Å²) in [5.41, 5.74) is 1.66. The highest BCUT2D eigenvalue weighted by Gasteiger charge is 2.23. The number of oxime groups is 2. The molecular weight excluding hydrogens is 380 g/mol. The molecule has 0 aliphatic rings. The molecule has 1 N–H and O–H groups in total. The van der Waals surface area contributed by atoms with Crippen LogP contribution in [0.4, 0.5) is 0 Å². The Hall–Kier alpha value is -2.09. The zero-order valence-electron chi connectivity index (χ0n) is 17.7. The predicted octanol–water partition coefficient (Wildman–Crippen LogP) is 5.01. The van der Waals surface area contributed by atoms with Crippen molar-refractivity contribution in [2.75, 3.05) is 6.61 Å². The zero-order chi connectivity index (χ0) is 21.3. The Bertz CT molecular complexity index is 814. The molecule has 0 spiro atoms. The van der Waals surface area contributed by atoms with Crippen LogP contribution in [0, 0.1) is 6.92 Å². The molecule has 1 aromatic rings. The maximum absolute atomic E-state index is 12.6. The topological polar surface area (TPSA) is 97.6 Å². The largest absolute Gasteiger partial charge is 0.493 e. The summed E-state index contributed by atoms with van der Waals surface area (Å²) in [6, 6.07) is 3.33. The molecule has 0 heterocycles. The molecule has 8 heteroatoms. The van der Waals surface area contributed by atoms with Gasteiger partial charge in [-0.2, -0.15) is 8.42 Å². The van der Waals surface area contributed by atoms with E-state index >= 15 is 0 Å². The van der Waals surface area contributed by atoms with E-state index in [1.165, 1.54) is 20.3 Å². The third kappa shape index (κ3) is 6.82. The van der Waals surface area contributed by atoms with Gasteiger partial charge < -0.3 is 9.94 Å². The first-order valence-electron chi connectivity index (χ1n) is 9.58. The number of hydrogen-bond donors (Lipinski definition) is 1. The average Bonchev–Trinajstić information content (AvgIpc) is 2.64. The first-order valence-corrected chi connectivity index (χ1v) is 11.0. The Labute approximate surface area is 168 Å². The minimum Gasteiger partial charge on any atom is -0.493 e. The number of rotatable bonds is 11. The molecule has 0 radical (unpaired) electrons. The molecule has 0 amide bonds. The van der Waals surface area contributed by atoms with Gasteiger partial charge in [0.2, 0.25) is 0 Å². The van der Waals surface area contributed by atoms with Gasteiger partial charge >= 0.3 is 10.1 Å². The summed E-state index contributed by atoms with van der Waals surface area (Å²) in [7, 11) is -4.11. The van der Waals surface area contributed by atoms with E-state index in [9.17, 15) is 8.42 Å². The first kappa shape index (κ1) is 23.9. The molecule has 7 nitrogen and oxygen atoms in total. The van der Waals surface area contributed by atoms with Gasteiger partial charge in [0, 0.05) is 0 Å². The SMILES string of the molecule is CCCCCCOc1cc(C)c(S(=O)(=O)ON=C(C)C(C)=NO)cc1C(C)C. The van der Waals surface area contributed by atoms with Crippen LogP contribution in [0.5, 0.6) is 5.75 Å². The van der Waals surface area contributed by atoms with Crippen molar-refractivity contribution in [1.82, 2.24) is 0 Å². The second-order valence-electron chi connectivity index (χ2n) is 7.11. The van der Waals surface area contributed by atoms with Gasteiger partial charge in [0.25, 0.3) is 0 Å². The van der Waals surface area contributed by atoms with Crippen molar-refractivity contribution in [2.24, 2.45) is 10.3 Å². The van der Waals surface area contributed by atoms with Crippen LogP contribution < -0.4 is 4.74 Å². The molecule has 1 aromatic carbocycles. The van der Waals surface area contributed by atoms with E-state index in [2.05, 4.69) is 17.2 Å². The van der Waals surface area contributed by atoms with Crippen LogP contribution in [-0.2, 0) is 14.4 Å². The van der Waals surface area contributed by atoms with Crippen LogP contribution >= 0.6 is 0 Å². The Morgan fingerprint density at radius 1 is 1.14 bits per heavy atom. The second kappa shape index (κ2) is 11.0. The molecule has 0 aliphatic carbocycles. The normalized spacial score (nSPS) is 13.1. The summed E-state index contributed by atoms with van der Waals surface area (Å²) in [4.78, 5) is 0.0460. The van der Waals surface area contributed by atoms with E-state index in [1.807, 2.05) is 13.8 Å². The van der Waals surface area contributed by atoms with Crippen LogP contribution in [0.1, 0.15) is 77.3 Å². The van der Waals surface area contributed by atoms with Gasteiger partial charge in [-0.05, 0) is 56.4 Å². The minimum atomic E-state index is -4.11. The van der Waals surface area contributed by atoms with Crippen LogP contribution in [0.3, 0.4) is 0 Å². The molecule has 158 valence electrons. The lowest BCUT2D eigenvalue weighted by molar-refractivity contribution is 0.300. The van der Waals surface area contributed by atoms with E-state index in [0.29, 0.717) is 17.9 Å². The lowest BCUT2D eigenvalue weighted by atomic mass is 10.0. The zero-order valence-corrected chi connectivity index (χ0v) is 18.5. The van der Waals surface area contributed by atoms with Gasteiger partial charge in [-0.25, -0.2) is 0 Å². The van der Waals surface area contributed by atoms with E-state index < -0.39 is 10.1 Å². The Morgan fingerprint density at radius 2 is 1.82 bits per heavy atom. The summed E-state index contributed by atoms with van der Waals surface area (Å²) in [5, 5.41) is 15.3. The van der Waals surface area contributed by atoms with Gasteiger partial charge in [0.1, 0.15) is 22.1 Å². The maximum atomic E-state index is 12.6. The van der Waals surface area contributed by atoms with Crippen molar-refractivity contribution in [3.8, 4) is 5.75 Å². The molecule has 0 fully saturated rings. The first-order chi connectivity index (χ1) is 13.1. The van der Waals surface area contributed by atoms with Crippen LogP contribution in [0.25, 0.3) is 0 Å². The number of aryl methyl sites for hydroxylation is 1. The standard InChI is InChI=1S/C20H32N2O5S/c1-7-8-9-10-11-26-19-12-15(4)20(13-18(19)14(2)3)28(24,25)27-22-17(6)16(5)21-23/h12-14,23H,7-11H2,1-6H3. The number of benzene rings is 1.